The van der Waals surface area contributed by atoms with Gasteiger partial charge in [0.2, 0.25) is 0 Å². The predicted molar refractivity (Wildman–Crippen MR) is 60.5 cm³/mol. The van der Waals surface area contributed by atoms with Gasteiger partial charge in [-0.15, -0.1) is 10.2 Å². The van der Waals surface area contributed by atoms with E-state index in [0.717, 1.165) is 4.68 Å². The Hall–Kier alpha value is -2.63. The first-order chi connectivity index (χ1) is 9.36. The molecule has 0 amide bonds. The van der Waals surface area contributed by atoms with E-state index in [0.29, 0.717) is 0 Å². The summed E-state index contributed by atoms with van der Waals surface area (Å²) in [6, 6.07) is 2.95. The zero-order valence-electron chi connectivity index (χ0n) is 10.4. The molecule has 2 heterocycles. The highest BCUT2D eigenvalue weighted by Crippen LogP contribution is 2.38. The molecule has 6 nitrogen and oxygen atoms in total. The molecule has 104 valence electrons. The highest BCUT2D eigenvalue weighted by molar-refractivity contribution is 5.68. The minimum Gasteiger partial charge on any atom is -0.494 e. The van der Waals surface area contributed by atoms with Crippen molar-refractivity contribution in [2.45, 2.75) is 6.18 Å². The lowest BCUT2D eigenvalue weighted by molar-refractivity contribution is -0.141. The molecule has 0 N–H and O–H groups in total. The van der Waals surface area contributed by atoms with Crippen LogP contribution in [-0.4, -0.2) is 27.1 Å². The monoisotopic (exact) mass is 283 g/mol. The first-order valence-corrected chi connectivity index (χ1v) is 5.30. The van der Waals surface area contributed by atoms with Crippen molar-refractivity contribution in [3.63, 3.8) is 0 Å². The normalized spacial score (nSPS) is 11.2. The SMILES string of the molecule is COc1cc(C#N)nnc1-c1cn(C)nc1C(F)(F)F. The van der Waals surface area contributed by atoms with E-state index in [1.165, 1.54) is 26.4 Å². The molecule has 2 aromatic rings. The van der Waals surface area contributed by atoms with Crippen LogP contribution in [0.2, 0.25) is 0 Å². The molecular weight excluding hydrogens is 275 g/mol. The van der Waals surface area contributed by atoms with Crippen LogP contribution in [0.1, 0.15) is 11.4 Å². The van der Waals surface area contributed by atoms with Gasteiger partial charge in [-0.3, -0.25) is 4.68 Å². The summed E-state index contributed by atoms with van der Waals surface area (Å²) >= 11 is 0. The topological polar surface area (TPSA) is 76.6 Å². The molecule has 2 aromatic heterocycles. The predicted octanol–water partition coefficient (Wildman–Crippen LogP) is 1.78. The fraction of sp³-hybridized carbons (Fsp3) is 0.273. The number of aromatic nitrogens is 4. The van der Waals surface area contributed by atoms with Gasteiger partial charge in [-0.1, -0.05) is 0 Å². The maximum absolute atomic E-state index is 12.9. The molecule has 0 aromatic carbocycles. The van der Waals surface area contributed by atoms with Crippen LogP contribution >= 0.6 is 0 Å². The van der Waals surface area contributed by atoms with E-state index in [2.05, 4.69) is 15.3 Å². The van der Waals surface area contributed by atoms with Crippen molar-refractivity contribution in [2.75, 3.05) is 7.11 Å². The van der Waals surface area contributed by atoms with Crippen molar-refractivity contribution in [1.82, 2.24) is 20.0 Å². The summed E-state index contributed by atoms with van der Waals surface area (Å²) in [5.74, 6) is 0.0232. The summed E-state index contributed by atoms with van der Waals surface area (Å²) in [4.78, 5) is 0. The molecule has 0 aliphatic rings. The summed E-state index contributed by atoms with van der Waals surface area (Å²) in [6.45, 7) is 0. The average molecular weight is 283 g/mol. The molecule has 0 aliphatic heterocycles. The van der Waals surface area contributed by atoms with Crippen LogP contribution < -0.4 is 4.74 Å². The number of methoxy groups -OCH3 is 1. The first kappa shape index (κ1) is 13.8. The number of ether oxygens (including phenoxy) is 1. The zero-order chi connectivity index (χ0) is 14.9. The number of hydrogen-bond donors (Lipinski definition) is 0. The Bertz CT molecular complexity index is 686. The van der Waals surface area contributed by atoms with E-state index in [4.69, 9.17) is 10.00 Å². The standard InChI is InChI=1S/C11H8F3N5O/c1-19-5-7(10(18-19)11(12,13)14)9-8(20-2)3-6(4-15)16-17-9/h3,5H,1-2H3. The highest BCUT2D eigenvalue weighted by atomic mass is 19.4. The van der Waals surface area contributed by atoms with E-state index in [-0.39, 0.29) is 22.7 Å². The maximum Gasteiger partial charge on any atom is 0.435 e. The molecule has 2 rings (SSSR count). The molecule has 20 heavy (non-hydrogen) atoms. The zero-order valence-corrected chi connectivity index (χ0v) is 10.4. The lowest BCUT2D eigenvalue weighted by atomic mass is 10.1. The first-order valence-electron chi connectivity index (χ1n) is 5.30. The molecule has 0 fully saturated rings. The van der Waals surface area contributed by atoms with Crippen molar-refractivity contribution in [1.29, 1.82) is 5.26 Å². The molecule has 9 heteroatoms. The Morgan fingerprint density at radius 1 is 1.35 bits per heavy atom. The molecule has 0 unspecified atom stereocenters. The average Bonchev–Trinajstić information content (AvgIpc) is 2.80. The maximum atomic E-state index is 12.9. The van der Waals surface area contributed by atoms with Gasteiger partial charge in [0.25, 0.3) is 0 Å². The molecule has 0 aliphatic carbocycles. The van der Waals surface area contributed by atoms with Gasteiger partial charge in [0.15, 0.2) is 11.4 Å². The van der Waals surface area contributed by atoms with Crippen molar-refractivity contribution >= 4 is 0 Å². The van der Waals surface area contributed by atoms with Crippen molar-refractivity contribution in [3.8, 4) is 23.1 Å². The fourth-order valence-electron chi connectivity index (χ4n) is 1.64. The van der Waals surface area contributed by atoms with Gasteiger partial charge in [-0.2, -0.15) is 23.5 Å². The quantitative estimate of drug-likeness (QED) is 0.839. The van der Waals surface area contributed by atoms with Gasteiger partial charge in [0, 0.05) is 19.3 Å². The second kappa shape index (κ2) is 4.80. The summed E-state index contributed by atoms with van der Waals surface area (Å²) in [5.41, 5.74) is -1.51. The van der Waals surface area contributed by atoms with Crippen LogP contribution in [0, 0.1) is 11.3 Å². The Balaban J connectivity index is 2.66. The number of rotatable bonds is 2. The van der Waals surface area contributed by atoms with Crippen molar-refractivity contribution < 1.29 is 17.9 Å². The van der Waals surface area contributed by atoms with E-state index >= 15 is 0 Å². The van der Waals surface area contributed by atoms with Crippen LogP contribution in [0.3, 0.4) is 0 Å². The van der Waals surface area contributed by atoms with Gasteiger partial charge >= 0.3 is 6.18 Å². The van der Waals surface area contributed by atoms with E-state index in [1.807, 2.05) is 0 Å². The molecule has 0 saturated carbocycles. The number of alkyl halides is 3. The molecule has 0 bridgehead atoms. The largest absolute Gasteiger partial charge is 0.494 e. The van der Waals surface area contributed by atoms with Gasteiger partial charge < -0.3 is 4.74 Å². The summed E-state index contributed by atoms with van der Waals surface area (Å²) in [7, 11) is 2.63. The summed E-state index contributed by atoms with van der Waals surface area (Å²) in [5, 5.41) is 19.2. The van der Waals surface area contributed by atoms with Crippen LogP contribution in [-0.2, 0) is 13.2 Å². The second-order valence-electron chi connectivity index (χ2n) is 3.82. The Morgan fingerprint density at radius 2 is 2.05 bits per heavy atom. The minimum atomic E-state index is -4.63. The number of aryl methyl sites for hydroxylation is 1. The third-order valence-corrected chi connectivity index (χ3v) is 2.45. The molecule has 0 radical (unpaired) electrons. The van der Waals surface area contributed by atoms with E-state index in [9.17, 15) is 13.2 Å². The van der Waals surface area contributed by atoms with Crippen LogP contribution in [0.5, 0.6) is 5.75 Å². The van der Waals surface area contributed by atoms with Crippen LogP contribution in [0.4, 0.5) is 13.2 Å². The number of halogens is 3. The smallest absolute Gasteiger partial charge is 0.435 e. The Kier molecular flexibility index (Phi) is 3.31. The number of nitriles is 1. The summed E-state index contributed by atoms with van der Waals surface area (Å²) in [6.07, 6.45) is -3.46. The van der Waals surface area contributed by atoms with Crippen molar-refractivity contribution in [2.24, 2.45) is 7.05 Å². The van der Waals surface area contributed by atoms with Gasteiger partial charge in [0.1, 0.15) is 17.5 Å². The van der Waals surface area contributed by atoms with Gasteiger partial charge in [0.05, 0.1) is 12.7 Å². The lowest BCUT2D eigenvalue weighted by Gasteiger charge is -2.08. The van der Waals surface area contributed by atoms with Crippen molar-refractivity contribution in [3.05, 3.63) is 23.7 Å². The fourth-order valence-corrected chi connectivity index (χ4v) is 1.64. The number of nitrogens with zero attached hydrogens (tertiary/aromatic N) is 5. The van der Waals surface area contributed by atoms with Gasteiger partial charge in [-0.25, -0.2) is 0 Å². The van der Waals surface area contributed by atoms with Gasteiger partial charge in [-0.05, 0) is 0 Å². The molecule has 0 atom stereocenters. The minimum absolute atomic E-state index is 0.0232. The molecule has 0 spiro atoms. The summed E-state index contributed by atoms with van der Waals surface area (Å²) < 4.78 is 44.7. The third-order valence-electron chi connectivity index (χ3n) is 2.45. The van der Waals surface area contributed by atoms with E-state index in [1.54, 1.807) is 6.07 Å². The Morgan fingerprint density at radius 3 is 2.60 bits per heavy atom. The van der Waals surface area contributed by atoms with Crippen LogP contribution in [0.15, 0.2) is 12.3 Å². The highest BCUT2D eigenvalue weighted by Gasteiger charge is 2.38. The second-order valence-corrected chi connectivity index (χ2v) is 3.82. The Labute approximate surface area is 111 Å². The number of hydrogen-bond acceptors (Lipinski definition) is 5. The van der Waals surface area contributed by atoms with E-state index < -0.39 is 11.9 Å². The van der Waals surface area contributed by atoms with Crippen LogP contribution in [0.25, 0.3) is 11.3 Å². The third kappa shape index (κ3) is 2.40. The lowest BCUT2D eigenvalue weighted by Crippen LogP contribution is -2.09. The molecular formula is C11H8F3N5O. The molecule has 0 saturated heterocycles.